The molecule has 2 rings (SSSR count). The average molecular weight is 277 g/mol. The minimum Gasteiger partial charge on any atom is -0.494 e. The highest BCUT2D eigenvalue weighted by molar-refractivity contribution is 5.29. The molecule has 3 heteroatoms. The molecular weight excluding hydrogens is 250 g/mol. The van der Waals surface area contributed by atoms with Crippen molar-refractivity contribution in [3.8, 4) is 5.75 Å². The van der Waals surface area contributed by atoms with Gasteiger partial charge in [0, 0.05) is 19.2 Å². The lowest BCUT2D eigenvalue weighted by atomic mass is 10.1. The SMILES string of the molecule is CCCOc1ccc(C(C)NC2CCC(OC)C2)cc1. The lowest BCUT2D eigenvalue weighted by Gasteiger charge is -2.20. The Morgan fingerprint density at radius 3 is 2.60 bits per heavy atom. The summed E-state index contributed by atoms with van der Waals surface area (Å²) >= 11 is 0. The highest BCUT2D eigenvalue weighted by Gasteiger charge is 2.25. The topological polar surface area (TPSA) is 30.5 Å². The Balaban J connectivity index is 1.84. The molecule has 0 radical (unpaired) electrons. The predicted molar refractivity (Wildman–Crippen MR) is 82.2 cm³/mol. The maximum absolute atomic E-state index is 5.61. The fraction of sp³-hybridized carbons (Fsp3) is 0.647. The minimum atomic E-state index is 0.371. The van der Waals surface area contributed by atoms with Crippen molar-refractivity contribution in [2.45, 2.75) is 57.7 Å². The molecule has 1 saturated carbocycles. The van der Waals surface area contributed by atoms with Crippen molar-refractivity contribution in [1.29, 1.82) is 0 Å². The maximum Gasteiger partial charge on any atom is 0.119 e. The third-order valence-corrected chi connectivity index (χ3v) is 4.06. The molecule has 1 aliphatic rings. The third kappa shape index (κ3) is 4.22. The van der Waals surface area contributed by atoms with Gasteiger partial charge in [0.15, 0.2) is 0 Å². The highest BCUT2D eigenvalue weighted by Crippen LogP contribution is 2.25. The zero-order valence-electron chi connectivity index (χ0n) is 12.9. The van der Waals surface area contributed by atoms with Gasteiger partial charge in [0.05, 0.1) is 12.7 Å². The smallest absolute Gasteiger partial charge is 0.119 e. The van der Waals surface area contributed by atoms with E-state index in [1.807, 2.05) is 7.11 Å². The molecular formula is C17H27NO2. The summed E-state index contributed by atoms with van der Waals surface area (Å²) in [4.78, 5) is 0. The number of hydrogen-bond donors (Lipinski definition) is 1. The van der Waals surface area contributed by atoms with Gasteiger partial charge < -0.3 is 14.8 Å². The summed E-state index contributed by atoms with van der Waals surface area (Å²) in [6, 6.07) is 9.39. The van der Waals surface area contributed by atoms with E-state index in [2.05, 4.69) is 43.4 Å². The van der Waals surface area contributed by atoms with E-state index in [4.69, 9.17) is 9.47 Å². The Morgan fingerprint density at radius 2 is 2.00 bits per heavy atom. The molecule has 1 aromatic carbocycles. The average Bonchev–Trinajstić information content (AvgIpc) is 2.93. The molecule has 0 spiro atoms. The van der Waals surface area contributed by atoms with Crippen LogP contribution in [0.15, 0.2) is 24.3 Å². The second kappa shape index (κ2) is 7.65. The van der Waals surface area contributed by atoms with Crippen LogP contribution in [0, 0.1) is 0 Å². The van der Waals surface area contributed by atoms with Crippen molar-refractivity contribution in [2.24, 2.45) is 0 Å². The predicted octanol–water partition coefficient (Wildman–Crippen LogP) is 3.69. The molecule has 112 valence electrons. The Labute approximate surface area is 122 Å². The van der Waals surface area contributed by atoms with Gasteiger partial charge in [-0.25, -0.2) is 0 Å². The second-order valence-electron chi connectivity index (χ2n) is 5.67. The first-order valence-corrected chi connectivity index (χ1v) is 7.74. The van der Waals surface area contributed by atoms with Crippen molar-refractivity contribution in [1.82, 2.24) is 5.32 Å². The quantitative estimate of drug-likeness (QED) is 0.824. The zero-order valence-corrected chi connectivity index (χ0v) is 12.9. The van der Waals surface area contributed by atoms with Gasteiger partial charge in [-0.2, -0.15) is 0 Å². The van der Waals surface area contributed by atoms with E-state index in [0.717, 1.165) is 25.2 Å². The van der Waals surface area contributed by atoms with Gasteiger partial charge in [0.25, 0.3) is 0 Å². The molecule has 1 fully saturated rings. The van der Waals surface area contributed by atoms with Gasteiger partial charge in [0.2, 0.25) is 0 Å². The van der Waals surface area contributed by atoms with Gasteiger partial charge in [-0.3, -0.25) is 0 Å². The van der Waals surface area contributed by atoms with Crippen molar-refractivity contribution >= 4 is 0 Å². The van der Waals surface area contributed by atoms with Gasteiger partial charge in [-0.15, -0.1) is 0 Å². The number of hydrogen-bond acceptors (Lipinski definition) is 3. The van der Waals surface area contributed by atoms with Crippen molar-refractivity contribution in [3.05, 3.63) is 29.8 Å². The Bertz CT molecular complexity index is 390. The fourth-order valence-corrected chi connectivity index (χ4v) is 2.83. The number of methoxy groups -OCH3 is 1. The molecule has 0 heterocycles. The summed E-state index contributed by atoms with van der Waals surface area (Å²) in [5.41, 5.74) is 1.31. The first-order valence-electron chi connectivity index (χ1n) is 7.74. The number of nitrogens with one attached hydrogen (secondary N) is 1. The zero-order chi connectivity index (χ0) is 14.4. The Hall–Kier alpha value is -1.06. The standard InChI is InChI=1S/C17H27NO2/c1-4-11-20-16-8-5-14(6-9-16)13(2)18-15-7-10-17(12-15)19-3/h5-6,8-9,13,15,17-18H,4,7,10-12H2,1-3H3. The molecule has 1 aromatic rings. The van der Waals surface area contributed by atoms with Crippen LogP contribution in [0.3, 0.4) is 0 Å². The van der Waals surface area contributed by atoms with Crippen LogP contribution in [-0.4, -0.2) is 25.9 Å². The molecule has 0 saturated heterocycles. The van der Waals surface area contributed by atoms with Crippen LogP contribution in [-0.2, 0) is 4.74 Å². The van der Waals surface area contributed by atoms with Crippen LogP contribution in [0.2, 0.25) is 0 Å². The van der Waals surface area contributed by atoms with E-state index in [0.29, 0.717) is 18.2 Å². The minimum absolute atomic E-state index is 0.371. The number of ether oxygens (including phenoxy) is 2. The molecule has 3 nitrogen and oxygen atoms in total. The molecule has 1 N–H and O–H groups in total. The molecule has 1 aliphatic carbocycles. The van der Waals surface area contributed by atoms with Crippen LogP contribution in [0.5, 0.6) is 5.75 Å². The first-order chi connectivity index (χ1) is 9.72. The number of rotatable bonds is 7. The van der Waals surface area contributed by atoms with Crippen molar-refractivity contribution in [2.75, 3.05) is 13.7 Å². The highest BCUT2D eigenvalue weighted by atomic mass is 16.5. The van der Waals surface area contributed by atoms with E-state index >= 15 is 0 Å². The van der Waals surface area contributed by atoms with E-state index in [-0.39, 0.29) is 0 Å². The molecule has 0 bridgehead atoms. The summed E-state index contributed by atoms with van der Waals surface area (Å²) in [5, 5.41) is 3.70. The summed E-state index contributed by atoms with van der Waals surface area (Å²) in [6.07, 6.45) is 4.98. The summed E-state index contributed by atoms with van der Waals surface area (Å²) in [6.45, 7) is 5.13. The summed E-state index contributed by atoms with van der Waals surface area (Å²) < 4.78 is 11.0. The monoisotopic (exact) mass is 277 g/mol. The van der Waals surface area contributed by atoms with E-state index in [1.54, 1.807) is 0 Å². The first kappa shape index (κ1) is 15.3. The fourth-order valence-electron chi connectivity index (χ4n) is 2.83. The molecule has 0 aromatic heterocycles. The molecule has 20 heavy (non-hydrogen) atoms. The summed E-state index contributed by atoms with van der Waals surface area (Å²) in [5.74, 6) is 0.961. The summed E-state index contributed by atoms with van der Waals surface area (Å²) in [7, 11) is 1.81. The molecule has 3 unspecified atom stereocenters. The lowest BCUT2D eigenvalue weighted by Crippen LogP contribution is -2.29. The largest absolute Gasteiger partial charge is 0.494 e. The normalized spacial score (nSPS) is 23.8. The van der Waals surface area contributed by atoms with Gasteiger partial charge >= 0.3 is 0 Å². The van der Waals surface area contributed by atoms with Gasteiger partial charge in [-0.1, -0.05) is 19.1 Å². The van der Waals surface area contributed by atoms with Crippen LogP contribution in [0.4, 0.5) is 0 Å². The third-order valence-electron chi connectivity index (χ3n) is 4.06. The maximum atomic E-state index is 5.61. The second-order valence-corrected chi connectivity index (χ2v) is 5.67. The van der Waals surface area contributed by atoms with Crippen molar-refractivity contribution in [3.63, 3.8) is 0 Å². The van der Waals surface area contributed by atoms with E-state index in [9.17, 15) is 0 Å². The van der Waals surface area contributed by atoms with Crippen LogP contribution in [0.1, 0.15) is 51.1 Å². The van der Waals surface area contributed by atoms with Crippen LogP contribution in [0.25, 0.3) is 0 Å². The lowest BCUT2D eigenvalue weighted by molar-refractivity contribution is 0.106. The van der Waals surface area contributed by atoms with Crippen molar-refractivity contribution < 1.29 is 9.47 Å². The van der Waals surface area contributed by atoms with E-state index < -0.39 is 0 Å². The molecule has 0 amide bonds. The Kier molecular flexibility index (Phi) is 5.86. The Morgan fingerprint density at radius 1 is 1.25 bits per heavy atom. The number of benzene rings is 1. The molecule has 3 atom stereocenters. The van der Waals surface area contributed by atoms with Gasteiger partial charge in [-0.05, 0) is 50.3 Å². The van der Waals surface area contributed by atoms with E-state index in [1.165, 1.54) is 18.4 Å². The van der Waals surface area contributed by atoms with Crippen LogP contribution < -0.4 is 10.1 Å². The van der Waals surface area contributed by atoms with Crippen LogP contribution >= 0.6 is 0 Å². The molecule has 0 aliphatic heterocycles. The van der Waals surface area contributed by atoms with Gasteiger partial charge in [0.1, 0.15) is 5.75 Å².